The topological polar surface area (TPSA) is 32.3 Å². The maximum Gasteiger partial charge on any atom is 0.317 e. The van der Waals surface area contributed by atoms with E-state index in [1.165, 1.54) is 38.5 Å². The van der Waals surface area contributed by atoms with Gasteiger partial charge in [-0.05, 0) is 31.6 Å². The third-order valence-corrected chi connectivity index (χ3v) is 4.04. The van der Waals surface area contributed by atoms with Crippen LogP contribution in [0.2, 0.25) is 0 Å². The zero-order chi connectivity index (χ0) is 14.1. The number of urea groups is 1. The summed E-state index contributed by atoms with van der Waals surface area (Å²) in [6, 6.07) is 0.111. The number of nitrogens with zero attached hydrogens (tertiary/aromatic N) is 1. The quantitative estimate of drug-likeness (QED) is 0.695. The number of hydrogen-bond donors (Lipinski definition) is 1. The SMILES string of the molecule is CCN(CC(C)C)C(=O)NCCCC1CCCCC1. The standard InChI is InChI=1S/C16H32N2O/c1-4-18(13-14(2)3)16(19)17-12-8-11-15-9-6-5-7-10-15/h14-15H,4-13H2,1-3H3,(H,17,19). The van der Waals surface area contributed by atoms with E-state index in [0.29, 0.717) is 5.92 Å². The van der Waals surface area contributed by atoms with Gasteiger partial charge in [0.1, 0.15) is 0 Å². The summed E-state index contributed by atoms with van der Waals surface area (Å²) >= 11 is 0. The number of carbonyl (C=O) groups excluding carboxylic acids is 1. The Bertz CT molecular complexity index is 247. The van der Waals surface area contributed by atoms with Crippen molar-refractivity contribution in [3.05, 3.63) is 0 Å². The van der Waals surface area contributed by atoms with Crippen molar-refractivity contribution < 1.29 is 4.79 Å². The zero-order valence-electron chi connectivity index (χ0n) is 13.1. The van der Waals surface area contributed by atoms with Gasteiger partial charge >= 0.3 is 6.03 Å². The molecular formula is C16H32N2O. The second-order valence-electron chi connectivity index (χ2n) is 6.31. The van der Waals surface area contributed by atoms with Crippen LogP contribution in [0.1, 0.15) is 65.7 Å². The highest BCUT2D eigenvalue weighted by Crippen LogP contribution is 2.26. The van der Waals surface area contributed by atoms with Crippen LogP contribution in [0.25, 0.3) is 0 Å². The highest BCUT2D eigenvalue weighted by Gasteiger charge is 2.14. The lowest BCUT2D eigenvalue weighted by molar-refractivity contribution is 0.193. The predicted octanol–water partition coefficient (Wildman–Crippen LogP) is 4.03. The Kier molecular flexibility index (Phi) is 7.92. The van der Waals surface area contributed by atoms with E-state index >= 15 is 0 Å². The molecular weight excluding hydrogens is 236 g/mol. The van der Waals surface area contributed by atoms with Gasteiger partial charge in [0.05, 0.1) is 0 Å². The summed E-state index contributed by atoms with van der Waals surface area (Å²) in [5.74, 6) is 1.46. The van der Waals surface area contributed by atoms with Crippen molar-refractivity contribution in [2.24, 2.45) is 11.8 Å². The monoisotopic (exact) mass is 268 g/mol. The Morgan fingerprint density at radius 3 is 2.53 bits per heavy atom. The number of hydrogen-bond acceptors (Lipinski definition) is 1. The van der Waals surface area contributed by atoms with Gasteiger partial charge in [-0.2, -0.15) is 0 Å². The average Bonchev–Trinajstić information content (AvgIpc) is 2.41. The molecule has 0 aromatic carbocycles. The molecule has 19 heavy (non-hydrogen) atoms. The van der Waals surface area contributed by atoms with E-state index in [9.17, 15) is 4.79 Å². The minimum atomic E-state index is 0.111. The molecule has 2 amide bonds. The molecule has 1 saturated carbocycles. The maximum absolute atomic E-state index is 12.0. The van der Waals surface area contributed by atoms with Crippen molar-refractivity contribution in [1.29, 1.82) is 0 Å². The lowest BCUT2D eigenvalue weighted by atomic mass is 9.86. The van der Waals surface area contributed by atoms with Crippen molar-refractivity contribution in [3.63, 3.8) is 0 Å². The molecule has 0 bridgehead atoms. The third kappa shape index (κ3) is 6.84. The van der Waals surface area contributed by atoms with Crippen LogP contribution in [-0.4, -0.2) is 30.6 Å². The first-order valence-electron chi connectivity index (χ1n) is 8.16. The van der Waals surface area contributed by atoms with E-state index in [0.717, 1.165) is 32.0 Å². The molecule has 1 aliphatic rings. The smallest absolute Gasteiger partial charge is 0.317 e. The largest absolute Gasteiger partial charge is 0.338 e. The normalized spacial score (nSPS) is 16.6. The Morgan fingerprint density at radius 2 is 1.95 bits per heavy atom. The molecule has 1 rings (SSSR count). The minimum absolute atomic E-state index is 0.111. The van der Waals surface area contributed by atoms with Crippen LogP contribution in [0.4, 0.5) is 4.79 Å². The average molecular weight is 268 g/mol. The van der Waals surface area contributed by atoms with Crippen LogP contribution in [0.5, 0.6) is 0 Å². The number of nitrogens with one attached hydrogen (secondary N) is 1. The molecule has 1 N–H and O–H groups in total. The molecule has 0 aromatic heterocycles. The summed E-state index contributed by atoms with van der Waals surface area (Å²) in [4.78, 5) is 13.9. The van der Waals surface area contributed by atoms with E-state index in [1.54, 1.807) is 0 Å². The lowest BCUT2D eigenvalue weighted by Gasteiger charge is -2.24. The summed E-state index contributed by atoms with van der Waals surface area (Å²) in [5.41, 5.74) is 0. The Balaban J connectivity index is 2.11. The summed E-state index contributed by atoms with van der Waals surface area (Å²) in [5, 5.41) is 3.07. The molecule has 1 fully saturated rings. The highest BCUT2D eigenvalue weighted by atomic mass is 16.2. The third-order valence-electron chi connectivity index (χ3n) is 4.04. The van der Waals surface area contributed by atoms with Crippen LogP contribution in [0.3, 0.4) is 0 Å². The van der Waals surface area contributed by atoms with Crippen LogP contribution in [0.15, 0.2) is 0 Å². The van der Waals surface area contributed by atoms with Crippen LogP contribution in [0, 0.1) is 11.8 Å². The van der Waals surface area contributed by atoms with Gasteiger partial charge in [0.25, 0.3) is 0 Å². The van der Waals surface area contributed by atoms with Crippen molar-refractivity contribution >= 4 is 6.03 Å². The van der Waals surface area contributed by atoms with E-state index in [-0.39, 0.29) is 6.03 Å². The van der Waals surface area contributed by atoms with E-state index < -0.39 is 0 Å². The van der Waals surface area contributed by atoms with Crippen molar-refractivity contribution in [1.82, 2.24) is 10.2 Å². The Labute approximate surface area is 119 Å². The molecule has 0 unspecified atom stereocenters. The maximum atomic E-state index is 12.0. The second kappa shape index (κ2) is 9.22. The van der Waals surface area contributed by atoms with Crippen LogP contribution >= 0.6 is 0 Å². The summed E-state index contributed by atoms with van der Waals surface area (Å²) in [7, 11) is 0. The van der Waals surface area contributed by atoms with Crippen molar-refractivity contribution in [2.75, 3.05) is 19.6 Å². The molecule has 0 spiro atoms. The minimum Gasteiger partial charge on any atom is -0.338 e. The predicted molar refractivity (Wildman–Crippen MR) is 81.3 cm³/mol. The van der Waals surface area contributed by atoms with Crippen LogP contribution < -0.4 is 5.32 Å². The first-order valence-corrected chi connectivity index (χ1v) is 8.16. The Morgan fingerprint density at radius 1 is 1.26 bits per heavy atom. The van der Waals surface area contributed by atoms with Gasteiger partial charge in [-0.3, -0.25) is 0 Å². The molecule has 1 aliphatic carbocycles. The molecule has 112 valence electrons. The molecule has 0 saturated heterocycles. The number of rotatable bonds is 7. The van der Waals surface area contributed by atoms with Gasteiger partial charge < -0.3 is 10.2 Å². The molecule has 3 nitrogen and oxygen atoms in total. The molecule has 0 atom stereocenters. The summed E-state index contributed by atoms with van der Waals surface area (Å²) in [6.07, 6.45) is 9.48. The van der Waals surface area contributed by atoms with E-state index in [1.807, 2.05) is 11.8 Å². The van der Waals surface area contributed by atoms with Crippen molar-refractivity contribution in [3.8, 4) is 0 Å². The van der Waals surface area contributed by atoms with Gasteiger partial charge in [-0.25, -0.2) is 4.79 Å². The fourth-order valence-corrected chi connectivity index (χ4v) is 2.97. The Hall–Kier alpha value is -0.730. The zero-order valence-corrected chi connectivity index (χ0v) is 13.1. The fourth-order valence-electron chi connectivity index (χ4n) is 2.97. The lowest BCUT2D eigenvalue weighted by Crippen LogP contribution is -2.42. The fraction of sp³-hybridized carbons (Fsp3) is 0.938. The van der Waals surface area contributed by atoms with Gasteiger partial charge in [0.15, 0.2) is 0 Å². The molecule has 3 heteroatoms. The molecule has 0 aromatic rings. The highest BCUT2D eigenvalue weighted by molar-refractivity contribution is 5.74. The summed E-state index contributed by atoms with van der Waals surface area (Å²) < 4.78 is 0. The molecule has 0 aliphatic heterocycles. The van der Waals surface area contributed by atoms with Crippen molar-refractivity contribution in [2.45, 2.75) is 65.7 Å². The van der Waals surface area contributed by atoms with Gasteiger partial charge in [-0.1, -0.05) is 46.0 Å². The van der Waals surface area contributed by atoms with E-state index in [4.69, 9.17) is 0 Å². The first kappa shape index (κ1) is 16.3. The first-order chi connectivity index (χ1) is 9.13. The van der Waals surface area contributed by atoms with Gasteiger partial charge in [-0.15, -0.1) is 0 Å². The van der Waals surface area contributed by atoms with Gasteiger partial charge in [0, 0.05) is 19.6 Å². The summed E-state index contributed by atoms with van der Waals surface area (Å²) in [6.45, 7) is 8.84. The van der Waals surface area contributed by atoms with Gasteiger partial charge in [0.2, 0.25) is 0 Å². The van der Waals surface area contributed by atoms with E-state index in [2.05, 4.69) is 19.2 Å². The molecule has 0 radical (unpaired) electrons. The number of amides is 2. The second-order valence-corrected chi connectivity index (χ2v) is 6.31. The number of carbonyl (C=O) groups is 1. The molecule has 0 heterocycles. The van der Waals surface area contributed by atoms with Crippen LogP contribution in [-0.2, 0) is 0 Å².